The molecule has 2 aromatic rings. The predicted molar refractivity (Wildman–Crippen MR) is 110 cm³/mol. The van der Waals surface area contributed by atoms with Gasteiger partial charge in [0.15, 0.2) is 11.5 Å². The van der Waals surface area contributed by atoms with Gasteiger partial charge in [-0.1, -0.05) is 31.0 Å². The van der Waals surface area contributed by atoms with Gasteiger partial charge in [0.25, 0.3) is 5.91 Å². The minimum absolute atomic E-state index is 0.0628. The molecular weight excluding hydrogens is 354 g/mol. The van der Waals surface area contributed by atoms with E-state index in [9.17, 15) is 4.79 Å². The molecular formula is C23H29NO4. The quantitative estimate of drug-likeness (QED) is 0.664. The molecule has 1 amide bonds. The van der Waals surface area contributed by atoms with Gasteiger partial charge in [-0.3, -0.25) is 4.79 Å². The van der Waals surface area contributed by atoms with Crippen LogP contribution in [-0.4, -0.2) is 25.7 Å². The van der Waals surface area contributed by atoms with E-state index in [4.69, 9.17) is 14.2 Å². The summed E-state index contributed by atoms with van der Waals surface area (Å²) in [7, 11) is 0. The van der Waals surface area contributed by atoms with Crippen LogP contribution < -0.4 is 19.5 Å². The van der Waals surface area contributed by atoms with Gasteiger partial charge in [-0.2, -0.15) is 0 Å². The van der Waals surface area contributed by atoms with Gasteiger partial charge in [-0.05, 0) is 44.5 Å². The number of hydrogen-bond acceptors (Lipinski definition) is 4. The van der Waals surface area contributed by atoms with E-state index in [0.717, 1.165) is 36.1 Å². The van der Waals surface area contributed by atoms with Crippen LogP contribution in [-0.2, 0) is 0 Å². The summed E-state index contributed by atoms with van der Waals surface area (Å²) in [4.78, 5) is 12.9. The van der Waals surface area contributed by atoms with Gasteiger partial charge < -0.3 is 19.5 Å². The first-order chi connectivity index (χ1) is 13.6. The molecule has 1 heterocycles. The summed E-state index contributed by atoms with van der Waals surface area (Å²) in [5, 5.41) is 3.14. The summed E-state index contributed by atoms with van der Waals surface area (Å²) in [5.74, 6) is 2.01. The highest BCUT2D eigenvalue weighted by molar-refractivity contribution is 5.95. The number of nitrogens with one attached hydrogen (secondary N) is 1. The van der Waals surface area contributed by atoms with Gasteiger partial charge in [0.1, 0.15) is 5.75 Å². The lowest BCUT2D eigenvalue weighted by Crippen LogP contribution is -2.32. The molecule has 0 saturated heterocycles. The van der Waals surface area contributed by atoms with Crippen molar-refractivity contribution in [2.24, 2.45) is 0 Å². The minimum atomic E-state index is -0.125. The number of carbonyl (C=O) groups is 1. The second-order valence-corrected chi connectivity index (χ2v) is 7.00. The smallest absolute Gasteiger partial charge is 0.251 e. The maximum absolute atomic E-state index is 12.9. The van der Waals surface area contributed by atoms with Crippen LogP contribution in [0.15, 0.2) is 36.4 Å². The standard InChI is InChI=1S/C23H29NO4/c1-4-6-12-27-21-10-8-17(15-22(21)26-5-2)23(25)24-19-11-13-28-20-9-7-16(3)14-18(19)20/h7-10,14-15,19H,4-6,11-13H2,1-3H3,(H,24,25). The first-order valence-corrected chi connectivity index (χ1v) is 10.1. The molecule has 5 heteroatoms. The van der Waals surface area contributed by atoms with E-state index in [1.54, 1.807) is 12.1 Å². The normalized spacial score (nSPS) is 15.3. The summed E-state index contributed by atoms with van der Waals surface area (Å²) < 4.78 is 17.2. The third kappa shape index (κ3) is 4.77. The molecule has 0 saturated carbocycles. The molecule has 0 bridgehead atoms. The van der Waals surface area contributed by atoms with E-state index >= 15 is 0 Å². The second kappa shape index (κ2) is 9.49. The van der Waals surface area contributed by atoms with Crippen LogP contribution in [0.3, 0.4) is 0 Å². The number of rotatable bonds is 8. The Bertz CT molecular complexity index is 818. The summed E-state index contributed by atoms with van der Waals surface area (Å²) >= 11 is 0. The molecule has 1 aliphatic heterocycles. The fourth-order valence-corrected chi connectivity index (χ4v) is 3.27. The summed E-state index contributed by atoms with van der Waals surface area (Å²) in [6.07, 6.45) is 2.80. The zero-order valence-corrected chi connectivity index (χ0v) is 16.9. The van der Waals surface area contributed by atoms with E-state index in [1.165, 1.54) is 0 Å². The van der Waals surface area contributed by atoms with Crippen LogP contribution in [0.5, 0.6) is 17.2 Å². The fraction of sp³-hybridized carbons (Fsp3) is 0.435. The Morgan fingerprint density at radius 1 is 1.14 bits per heavy atom. The number of unbranched alkanes of at least 4 members (excludes halogenated alkanes) is 1. The molecule has 2 aromatic carbocycles. The molecule has 1 unspecified atom stereocenters. The third-order valence-electron chi connectivity index (χ3n) is 4.77. The van der Waals surface area contributed by atoms with Gasteiger partial charge >= 0.3 is 0 Å². The van der Waals surface area contributed by atoms with Crippen LogP contribution >= 0.6 is 0 Å². The van der Waals surface area contributed by atoms with Crippen LogP contribution in [0.4, 0.5) is 0 Å². The number of hydrogen-bond donors (Lipinski definition) is 1. The molecule has 0 radical (unpaired) electrons. The average molecular weight is 383 g/mol. The zero-order chi connectivity index (χ0) is 19.9. The van der Waals surface area contributed by atoms with E-state index in [-0.39, 0.29) is 11.9 Å². The van der Waals surface area contributed by atoms with Gasteiger partial charge in [-0.15, -0.1) is 0 Å². The van der Waals surface area contributed by atoms with Crippen molar-refractivity contribution >= 4 is 5.91 Å². The summed E-state index contributed by atoms with van der Waals surface area (Å²) in [6.45, 7) is 7.83. The monoisotopic (exact) mass is 383 g/mol. The lowest BCUT2D eigenvalue weighted by atomic mass is 9.98. The molecule has 1 aliphatic rings. The molecule has 0 fully saturated rings. The van der Waals surface area contributed by atoms with Crippen LogP contribution in [0.2, 0.25) is 0 Å². The largest absolute Gasteiger partial charge is 0.493 e. The Morgan fingerprint density at radius 3 is 2.79 bits per heavy atom. The van der Waals surface area contributed by atoms with Gasteiger partial charge in [0.2, 0.25) is 0 Å². The SMILES string of the molecule is CCCCOc1ccc(C(=O)NC2CCOc3ccc(C)cc32)cc1OCC. The maximum atomic E-state index is 12.9. The highest BCUT2D eigenvalue weighted by atomic mass is 16.5. The van der Waals surface area contributed by atoms with E-state index in [1.807, 2.05) is 32.0 Å². The molecule has 1 N–H and O–H groups in total. The first-order valence-electron chi connectivity index (χ1n) is 10.1. The number of aryl methyl sites for hydroxylation is 1. The van der Waals surface area contributed by atoms with Crippen molar-refractivity contribution in [2.75, 3.05) is 19.8 Å². The number of ether oxygens (including phenoxy) is 3. The van der Waals surface area contributed by atoms with Crippen molar-refractivity contribution in [2.45, 2.75) is 46.1 Å². The van der Waals surface area contributed by atoms with Crippen molar-refractivity contribution in [3.05, 3.63) is 53.1 Å². The highest BCUT2D eigenvalue weighted by Crippen LogP contribution is 2.33. The Hall–Kier alpha value is -2.69. The number of fused-ring (bicyclic) bond motifs is 1. The Kier molecular flexibility index (Phi) is 6.80. The molecule has 28 heavy (non-hydrogen) atoms. The lowest BCUT2D eigenvalue weighted by molar-refractivity contribution is 0.0924. The Labute approximate surface area is 167 Å². The number of amides is 1. The van der Waals surface area contributed by atoms with Crippen LogP contribution in [0.25, 0.3) is 0 Å². The molecule has 0 aliphatic carbocycles. The first kappa shape index (κ1) is 20.1. The van der Waals surface area contributed by atoms with Crippen molar-refractivity contribution in [1.29, 1.82) is 0 Å². The van der Waals surface area contributed by atoms with E-state index < -0.39 is 0 Å². The van der Waals surface area contributed by atoms with E-state index in [0.29, 0.717) is 36.9 Å². The Morgan fingerprint density at radius 2 is 2.00 bits per heavy atom. The molecule has 3 rings (SSSR count). The van der Waals surface area contributed by atoms with Crippen LogP contribution in [0, 0.1) is 6.92 Å². The average Bonchev–Trinajstić information content (AvgIpc) is 2.70. The topological polar surface area (TPSA) is 56.8 Å². The van der Waals surface area contributed by atoms with Gasteiger partial charge in [0.05, 0.1) is 25.9 Å². The number of carbonyl (C=O) groups excluding carboxylic acids is 1. The summed E-state index contributed by atoms with van der Waals surface area (Å²) in [5.41, 5.74) is 2.74. The third-order valence-corrected chi connectivity index (χ3v) is 4.77. The van der Waals surface area contributed by atoms with Crippen molar-refractivity contribution in [3.8, 4) is 17.2 Å². The van der Waals surface area contributed by atoms with Gasteiger partial charge in [0, 0.05) is 17.5 Å². The Balaban J connectivity index is 1.76. The lowest BCUT2D eigenvalue weighted by Gasteiger charge is -2.27. The molecule has 0 spiro atoms. The van der Waals surface area contributed by atoms with Crippen molar-refractivity contribution in [1.82, 2.24) is 5.32 Å². The minimum Gasteiger partial charge on any atom is -0.493 e. The number of benzene rings is 2. The van der Waals surface area contributed by atoms with Crippen molar-refractivity contribution in [3.63, 3.8) is 0 Å². The molecule has 1 atom stereocenters. The summed E-state index contributed by atoms with van der Waals surface area (Å²) in [6, 6.07) is 11.4. The molecule has 150 valence electrons. The fourth-order valence-electron chi connectivity index (χ4n) is 3.27. The highest BCUT2D eigenvalue weighted by Gasteiger charge is 2.24. The maximum Gasteiger partial charge on any atom is 0.251 e. The second-order valence-electron chi connectivity index (χ2n) is 7.00. The molecule has 0 aromatic heterocycles. The van der Waals surface area contributed by atoms with Crippen molar-refractivity contribution < 1.29 is 19.0 Å². The van der Waals surface area contributed by atoms with Gasteiger partial charge in [-0.25, -0.2) is 0 Å². The molecule has 5 nitrogen and oxygen atoms in total. The predicted octanol–water partition coefficient (Wildman–Crippen LogP) is 4.83. The zero-order valence-electron chi connectivity index (χ0n) is 16.9. The van der Waals surface area contributed by atoms with E-state index in [2.05, 4.69) is 18.3 Å². The van der Waals surface area contributed by atoms with Crippen LogP contribution in [0.1, 0.15) is 60.6 Å².